The van der Waals surface area contributed by atoms with E-state index >= 15 is 0 Å². The summed E-state index contributed by atoms with van der Waals surface area (Å²) in [4.78, 5) is 29.2. The van der Waals surface area contributed by atoms with E-state index in [1.807, 2.05) is 0 Å². The fourth-order valence-electron chi connectivity index (χ4n) is 1.60. The molecule has 0 bridgehead atoms. The van der Waals surface area contributed by atoms with Gasteiger partial charge in [-0.3, -0.25) is 14.6 Å². The van der Waals surface area contributed by atoms with Crippen LogP contribution in [-0.2, 0) is 9.53 Å². The van der Waals surface area contributed by atoms with Gasteiger partial charge in [-0.25, -0.2) is 0 Å². The van der Waals surface area contributed by atoms with Crippen molar-refractivity contribution in [2.75, 3.05) is 19.7 Å². The topological polar surface area (TPSA) is 59.5 Å². The Morgan fingerprint density at radius 2 is 2.26 bits per heavy atom. The molecule has 0 atom stereocenters. The monoisotopic (exact) mass is 262 g/mol. The summed E-state index contributed by atoms with van der Waals surface area (Å²) in [5.41, 5.74) is 1.11. The molecule has 0 radical (unpaired) electrons. The number of aromatic nitrogens is 1. The molecule has 0 aliphatic rings. The van der Waals surface area contributed by atoms with Gasteiger partial charge in [0.25, 0.3) is 5.91 Å². The first-order chi connectivity index (χ1) is 9.10. The SMILES string of the molecule is C=CCN(CC(=O)OCC)C(=O)c1ncccc1C. The van der Waals surface area contributed by atoms with E-state index in [4.69, 9.17) is 4.74 Å². The van der Waals surface area contributed by atoms with E-state index in [2.05, 4.69) is 11.6 Å². The Morgan fingerprint density at radius 1 is 1.53 bits per heavy atom. The number of ether oxygens (including phenoxy) is 1. The van der Waals surface area contributed by atoms with Gasteiger partial charge in [0, 0.05) is 12.7 Å². The van der Waals surface area contributed by atoms with E-state index in [9.17, 15) is 9.59 Å². The molecular formula is C14H18N2O3. The number of rotatable bonds is 6. The smallest absolute Gasteiger partial charge is 0.325 e. The van der Waals surface area contributed by atoms with E-state index in [0.717, 1.165) is 5.56 Å². The lowest BCUT2D eigenvalue weighted by atomic mass is 10.2. The van der Waals surface area contributed by atoms with E-state index in [0.29, 0.717) is 5.69 Å². The Bertz CT molecular complexity index is 472. The number of hydrogen-bond acceptors (Lipinski definition) is 4. The highest BCUT2D eigenvalue weighted by molar-refractivity contribution is 5.95. The Labute approximate surface area is 112 Å². The lowest BCUT2D eigenvalue weighted by molar-refractivity contribution is -0.143. The largest absolute Gasteiger partial charge is 0.465 e. The average molecular weight is 262 g/mol. The first kappa shape index (κ1) is 14.9. The van der Waals surface area contributed by atoms with Crippen molar-refractivity contribution in [3.05, 3.63) is 42.2 Å². The van der Waals surface area contributed by atoms with E-state index in [1.54, 1.807) is 38.3 Å². The molecular weight excluding hydrogens is 244 g/mol. The second kappa shape index (κ2) is 7.31. The Kier molecular flexibility index (Phi) is 5.73. The molecule has 19 heavy (non-hydrogen) atoms. The number of esters is 1. The summed E-state index contributed by atoms with van der Waals surface area (Å²) in [7, 11) is 0. The third-order valence-corrected chi connectivity index (χ3v) is 2.47. The third-order valence-electron chi connectivity index (χ3n) is 2.47. The van der Waals surface area contributed by atoms with Crippen molar-refractivity contribution in [2.45, 2.75) is 13.8 Å². The van der Waals surface area contributed by atoms with E-state index < -0.39 is 5.97 Å². The normalized spacial score (nSPS) is 9.79. The molecule has 0 unspecified atom stereocenters. The summed E-state index contributed by atoms with van der Waals surface area (Å²) in [5, 5.41) is 0. The van der Waals surface area contributed by atoms with Gasteiger partial charge in [-0.2, -0.15) is 0 Å². The van der Waals surface area contributed by atoms with Crippen molar-refractivity contribution in [2.24, 2.45) is 0 Å². The van der Waals surface area contributed by atoms with Gasteiger partial charge in [-0.15, -0.1) is 6.58 Å². The number of carbonyl (C=O) groups is 2. The molecule has 1 heterocycles. The van der Waals surface area contributed by atoms with Crippen molar-refractivity contribution in [1.82, 2.24) is 9.88 Å². The number of hydrogen-bond donors (Lipinski definition) is 0. The molecule has 0 aliphatic carbocycles. The first-order valence-electron chi connectivity index (χ1n) is 6.07. The highest BCUT2D eigenvalue weighted by atomic mass is 16.5. The molecule has 5 nitrogen and oxygen atoms in total. The minimum Gasteiger partial charge on any atom is -0.465 e. The summed E-state index contributed by atoms with van der Waals surface area (Å²) in [6, 6.07) is 3.56. The van der Waals surface area contributed by atoms with Crippen molar-refractivity contribution in [3.63, 3.8) is 0 Å². The molecule has 0 aliphatic heterocycles. The van der Waals surface area contributed by atoms with Gasteiger partial charge in [0.2, 0.25) is 0 Å². The summed E-state index contributed by atoms with van der Waals surface area (Å²) in [5.74, 6) is -0.739. The molecule has 0 N–H and O–H groups in total. The number of carbonyl (C=O) groups excluding carboxylic acids is 2. The Morgan fingerprint density at radius 3 is 2.84 bits per heavy atom. The van der Waals surface area contributed by atoms with Crippen LogP contribution in [0.1, 0.15) is 23.0 Å². The number of nitrogens with zero attached hydrogens (tertiary/aromatic N) is 2. The van der Waals surface area contributed by atoms with Crippen LogP contribution in [0.2, 0.25) is 0 Å². The van der Waals surface area contributed by atoms with Crippen molar-refractivity contribution in [1.29, 1.82) is 0 Å². The van der Waals surface area contributed by atoms with Crippen LogP contribution in [0.15, 0.2) is 31.0 Å². The maximum Gasteiger partial charge on any atom is 0.325 e. The lowest BCUT2D eigenvalue weighted by Crippen LogP contribution is -2.37. The van der Waals surface area contributed by atoms with E-state index in [-0.39, 0.29) is 25.6 Å². The standard InChI is InChI=1S/C14H18N2O3/c1-4-9-16(10-12(17)19-5-2)14(18)13-11(3)7-6-8-15-13/h4,6-8H,1,5,9-10H2,2-3H3. The molecule has 0 spiro atoms. The van der Waals surface area contributed by atoms with Crippen molar-refractivity contribution >= 4 is 11.9 Å². The minimum absolute atomic E-state index is 0.102. The van der Waals surface area contributed by atoms with Gasteiger partial charge >= 0.3 is 5.97 Å². The van der Waals surface area contributed by atoms with Gasteiger partial charge in [-0.05, 0) is 25.5 Å². The fourth-order valence-corrected chi connectivity index (χ4v) is 1.60. The highest BCUT2D eigenvalue weighted by Crippen LogP contribution is 2.07. The molecule has 0 saturated carbocycles. The second-order valence-electron chi connectivity index (χ2n) is 3.95. The predicted molar refractivity (Wildman–Crippen MR) is 71.7 cm³/mol. The van der Waals surface area contributed by atoms with Crippen LogP contribution < -0.4 is 0 Å². The molecule has 0 aromatic carbocycles. The van der Waals surface area contributed by atoms with Crippen molar-refractivity contribution < 1.29 is 14.3 Å². The van der Waals surface area contributed by atoms with Gasteiger partial charge in [0.1, 0.15) is 12.2 Å². The second-order valence-corrected chi connectivity index (χ2v) is 3.95. The van der Waals surface area contributed by atoms with Crippen LogP contribution in [0.5, 0.6) is 0 Å². The van der Waals surface area contributed by atoms with Crippen LogP contribution in [-0.4, -0.2) is 41.5 Å². The van der Waals surface area contributed by atoms with E-state index in [1.165, 1.54) is 4.90 Å². The molecule has 1 rings (SSSR count). The number of amides is 1. The fraction of sp³-hybridized carbons (Fsp3) is 0.357. The molecule has 5 heteroatoms. The van der Waals surface area contributed by atoms with Crippen LogP contribution in [0.25, 0.3) is 0 Å². The van der Waals surface area contributed by atoms with Crippen LogP contribution in [0.4, 0.5) is 0 Å². The number of pyridine rings is 1. The van der Waals surface area contributed by atoms with Gasteiger partial charge in [-0.1, -0.05) is 12.1 Å². The van der Waals surface area contributed by atoms with Crippen LogP contribution in [0, 0.1) is 6.92 Å². The van der Waals surface area contributed by atoms with Crippen LogP contribution >= 0.6 is 0 Å². The maximum absolute atomic E-state index is 12.3. The highest BCUT2D eigenvalue weighted by Gasteiger charge is 2.20. The quantitative estimate of drug-likeness (QED) is 0.577. The third kappa shape index (κ3) is 4.21. The predicted octanol–water partition coefficient (Wildman–Crippen LogP) is 1.58. The summed E-state index contributed by atoms with van der Waals surface area (Å²) in [6.45, 7) is 7.57. The summed E-state index contributed by atoms with van der Waals surface area (Å²) in [6.07, 6.45) is 3.12. The molecule has 1 aromatic rings. The summed E-state index contributed by atoms with van der Waals surface area (Å²) < 4.78 is 4.85. The van der Waals surface area contributed by atoms with Gasteiger partial charge in [0.05, 0.1) is 6.61 Å². The zero-order chi connectivity index (χ0) is 14.3. The Balaban J connectivity index is 2.87. The van der Waals surface area contributed by atoms with Gasteiger partial charge in [0.15, 0.2) is 0 Å². The molecule has 0 fully saturated rings. The minimum atomic E-state index is -0.439. The molecule has 1 amide bonds. The lowest BCUT2D eigenvalue weighted by Gasteiger charge is -2.20. The average Bonchev–Trinajstić information content (AvgIpc) is 2.38. The first-order valence-corrected chi connectivity index (χ1v) is 6.07. The zero-order valence-electron chi connectivity index (χ0n) is 11.3. The maximum atomic E-state index is 12.3. The Hall–Kier alpha value is -2.17. The zero-order valence-corrected chi connectivity index (χ0v) is 11.3. The summed E-state index contributed by atoms with van der Waals surface area (Å²) >= 11 is 0. The molecule has 1 aromatic heterocycles. The molecule has 102 valence electrons. The van der Waals surface area contributed by atoms with Crippen molar-refractivity contribution in [3.8, 4) is 0 Å². The van der Waals surface area contributed by atoms with Gasteiger partial charge < -0.3 is 9.64 Å². The molecule has 0 saturated heterocycles. The van der Waals surface area contributed by atoms with Crippen LogP contribution in [0.3, 0.4) is 0 Å². The number of aryl methyl sites for hydroxylation is 1.